The van der Waals surface area contributed by atoms with Gasteiger partial charge in [-0.2, -0.15) is 0 Å². The lowest BCUT2D eigenvalue weighted by atomic mass is 10.1. The zero-order valence-corrected chi connectivity index (χ0v) is 17.4. The molecule has 0 atom stereocenters. The van der Waals surface area contributed by atoms with Crippen LogP contribution in [-0.2, 0) is 16.6 Å². The van der Waals surface area contributed by atoms with Crippen molar-refractivity contribution in [2.24, 2.45) is 4.99 Å². The molecule has 1 aliphatic heterocycles. The minimum atomic E-state index is -3.02. The molecule has 0 aromatic heterocycles. The summed E-state index contributed by atoms with van der Waals surface area (Å²) < 4.78 is 25.1. The highest BCUT2D eigenvalue weighted by atomic mass is 127. The number of halogens is 1. The molecule has 2 N–H and O–H groups in total. The van der Waals surface area contributed by atoms with Gasteiger partial charge in [-0.25, -0.2) is 17.7 Å². The molecule has 1 aromatic rings. The number of nitrogens with one attached hydrogen (secondary N) is 2. The van der Waals surface area contributed by atoms with Crippen LogP contribution in [0.25, 0.3) is 0 Å². The number of aryl methyl sites for hydroxylation is 1. The minimum Gasteiger partial charge on any atom is -0.357 e. The van der Waals surface area contributed by atoms with Crippen molar-refractivity contribution in [3.8, 4) is 0 Å². The van der Waals surface area contributed by atoms with Gasteiger partial charge in [-0.15, -0.1) is 24.0 Å². The van der Waals surface area contributed by atoms with Crippen LogP contribution < -0.4 is 10.6 Å². The molecule has 0 saturated carbocycles. The van der Waals surface area contributed by atoms with Gasteiger partial charge in [-0.1, -0.05) is 29.8 Å². The van der Waals surface area contributed by atoms with Gasteiger partial charge in [-0.05, 0) is 25.8 Å². The van der Waals surface area contributed by atoms with Crippen molar-refractivity contribution in [3.05, 3.63) is 35.4 Å². The van der Waals surface area contributed by atoms with E-state index in [1.165, 1.54) is 5.56 Å². The fraction of sp³-hybridized carbons (Fsp3) is 0.562. The lowest BCUT2D eigenvalue weighted by molar-refractivity contribution is 0.445. The standard InChI is InChI=1S/C16H26N4O2S.HI/c1-3-17-16(19-13-15-7-5-14(2)6-8-15)18-9-11-20-10-4-12-23(20,21)22;/h5-8H,3-4,9-13H2,1-2H3,(H2,17,18,19);1H. The maximum atomic E-state index is 11.8. The largest absolute Gasteiger partial charge is 0.357 e. The van der Waals surface area contributed by atoms with Gasteiger partial charge < -0.3 is 10.6 Å². The van der Waals surface area contributed by atoms with Crippen LogP contribution in [0.4, 0.5) is 0 Å². The van der Waals surface area contributed by atoms with Crippen LogP contribution in [0.3, 0.4) is 0 Å². The van der Waals surface area contributed by atoms with E-state index >= 15 is 0 Å². The summed E-state index contributed by atoms with van der Waals surface area (Å²) in [5.41, 5.74) is 2.38. The summed E-state index contributed by atoms with van der Waals surface area (Å²) in [7, 11) is -3.02. The van der Waals surface area contributed by atoms with Gasteiger partial charge in [0, 0.05) is 26.2 Å². The molecule has 1 fully saturated rings. The first-order valence-electron chi connectivity index (χ1n) is 8.07. The Balaban J connectivity index is 0.00000288. The lowest BCUT2D eigenvalue weighted by Gasteiger charge is -2.16. The molecule has 0 radical (unpaired) electrons. The SMILES string of the molecule is CCNC(=NCc1ccc(C)cc1)NCCN1CCCS1(=O)=O.I. The van der Waals surface area contributed by atoms with Crippen LogP contribution in [0.15, 0.2) is 29.3 Å². The van der Waals surface area contributed by atoms with Crippen LogP contribution in [0.1, 0.15) is 24.5 Å². The van der Waals surface area contributed by atoms with Gasteiger partial charge in [0.2, 0.25) is 10.0 Å². The number of aliphatic imine (C=N–C) groups is 1. The van der Waals surface area contributed by atoms with Gasteiger partial charge in [0.1, 0.15) is 0 Å². The second-order valence-corrected chi connectivity index (χ2v) is 7.76. The second kappa shape index (κ2) is 10.2. The fourth-order valence-corrected chi connectivity index (χ4v) is 3.98. The van der Waals surface area contributed by atoms with Crippen molar-refractivity contribution in [3.63, 3.8) is 0 Å². The van der Waals surface area contributed by atoms with Gasteiger partial charge in [0.05, 0.1) is 12.3 Å². The van der Waals surface area contributed by atoms with E-state index in [4.69, 9.17) is 0 Å². The topological polar surface area (TPSA) is 73.8 Å². The molecule has 6 nitrogen and oxygen atoms in total. The minimum absolute atomic E-state index is 0. The Morgan fingerprint density at radius 2 is 1.96 bits per heavy atom. The molecule has 0 bridgehead atoms. The molecule has 0 spiro atoms. The van der Waals surface area contributed by atoms with Crippen molar-refractivity contribution in [2.75, 3.05) is 31.9 Å². The summed E-state index contributed by atoms with van der Waals surface area (Å²) in [5, 5.41) is 6.38. The average molecular weight is 466 g/mol. The van der Waals surface area contributed by atoms with Crippen molar-refractivity contribution < 1.29 is 8.42 Å². The van der Waals surface area contributed by atoms with Crippen LogP contribution in [0, 0.1) is 6.92 Å². The van der Waals surface area contributed by atoms with E-state index in [2.05, 4.69) is 46.8 Å². The van der Waals surface area contributed by atoms with E-state index in [9.17, 15) is 8.42 Å². The highest BCUT2D eigenvalue weighted by Gasteiger charge is 2.27. The van der Waals surface area contributed by atoms with E-state index in [0.717, 1.165) is 18.5 Å². The summed E-state index contributed by atoms with van der Waals surface area (Å²) in [6.45, 7) is 7.09. The van der Waals surface area contributed by atoms with Gasteiger partial charge in [0.25, 0.3) is 0 Å². The zero-order chi connectivity index (χ0) is 16.7. The summed E-state index contributed by atoms with van der Waals surface area (Å²) in [5.74, 6) is 0.985. The molecular weight excluding hydrogens is 439 g/mol. The maximum absolute atomic E-state index is 11.8. The number of sulfonamides is 1. The van der Waals surface area contributed by atoms with E-state index in [1.807, 2.05) is 6.92 Å². The van der Waals surface area contributed by atoms with E-state index in [0.29, 0.717) is 32.1 Å². The van der Waals surface area contributed by atoms with Gasteiger partial charge >= 0.3 is 0 Å². The Hall–Kier alpha value is -0.870. The number of hydrogen-bond acceptors (Lipinski definition) is 3. The third-order valence-corrected chi connectivity index (χ3v) is 5.70. The Morgan fingerprint density at radius 3 is 2.54 bits per heavy atom. The Bertz CT molecular complexity index is 632. The smallest absolute Gasteiger partial charge is 0.214 e. The van der Waals surface area contributed by atoms with Crippen LogP contribution in [0.2, 0.25) is 0 Å². The first-order chi connectivity index (χ1) is 11.0. The normalized spacial score (nSPS) is 17.3. The Morgan fingerprint density at radius 1 is 1.25 bits per heavy atom. The number of rotatable bonds is 6. The summed E-state index contributed by atoms with van der Waals surface area (Å²) in [4.78, 5) is 4.54. The molecule has 8 heteroatoms. The lowest BCUT2D eigenvalue weighted by Crippen LogP contribution is -2.42. The first kappa shape index (κ1) is 21.2. The van der Waals surface area contributed by atoms with Crippen LogP contribution in [-0.4, -0.2) is 50.6 Å². The number of hydrogen-bond donors (Lipinski definition) is 2. The Kier molecular flexibility index (Phi) is 8.99. The zero-order valence-electron chi connectivity index (χ0n) is 14.3. The Labute approximate surface area is 162 Å². The van der Waals surface area contributed by atoms with Crippen LogP contribution >= 0.6 is 24.0 Å². The van der Waals surface area contributed by atoms with E-state index in [1.54, 1.807) is 4.31 Å². The summed E-state index contributed by atoms with van der Waals surface area (Å²) in [6.07, 6.45) is 0.726. The average Bonchev–Trinajstić information content (AvgIpc) is 2.85. The predicted molar refractivity (Wildman–Crippen MR) is 109 cm³/mol. The highest BCUT2D eigenvalue weighted by Crippen LogP contribution is 2.11. The number of nitrogens with zero attached hydrogens (tertiary/aromatic N) is 2. The number of benzene rings is 1. The predicted octanol–water partition coefficient (Wildman–Crippen LogP) is 1.70. The summed E-state index contributed by atoms with van der Waals surface area (Å²) in [6, 6.07) is 8.28. The van der Waals surface area contributed by atoms with Gasteiger partial charge in [0.15, 0.2) is 5.96 Å². The molecule has 0 amide bonds. The van der Waals surface area contributed by atoms with Crippen LogP contribution in [0.5, 0.6) is 0 Å². The maximum Gasteiger partial charge on any atom is 0.214 e. The summed E-state index contributed by atoms with van der Waals surface area (Å²) >= 11 is 0. The highest BCUT2D eigenvalue weighted by molar-refractivity contribution is 14.0. The molecule has 24 heavy (non-hydrogen) atoms. The van der Waals surface area contributed by atoms with Gasteiger partial charge in [-0.3, -0.25) is 0 Å². The second-order valence-electron chi connectivity index (χ2n) is 5.68. The third-order valence-electron chi connectivity index (χ3n) is 3.74. The first-order valence-corrected chi connectivity index (χ1v) is 9.68. The quantitative estimate of drug-likeness (QED) is 0.381. The third kappa shape index (κ3) is 6.56. The molecular formula is C16H27IN4O2S. The molecule has 1 heterocycles. The molecule has 136 valence electrons. The van der Waals surface area contributed by atoms with Crippen molar-refractivity contribution in [1.29, 1.82) is 0 Å². The number of guanidine groups is 1. The van der Waals surface area contributed by atoms with E-state index < -0.39 is 10.0 Å². The molecule has 1 saturated heterocycles. The molecule has 2 rings (SSSR count). The fourth-order valence-electron chi connectivity index (χ4n) is 2.45. The van der Waals surface area contributed by atoms with Crippen molar-refractivity contribution in [2.45, 2.75) is 26.8 Å². The molecule has 0 unspecified atom stereocenters. The van der Waals surface area contributed by atoms with E-state index in [-0.39, 0.29) is 29.7 Å². The molecule has 0 aliphatic carbocycles. The molecule has 1 aromatic carbocycles. The van der Waals surface area contributed by atoms with Crippen molar-refractivity contribution >= 4 is 40.0 Å². The molecule has 1 aliphatic rings. The monoisotopic (exact) mass is 466 g/mol. The van der Waals surface area contributed by atoms with Crippen molar-refractivity contribution in [1.82, 2.24) is 14.9 Å².